The van der Waals surface area contributed by atoms with E-state index in [0.717, 1.165) is 29.5 Å². The fraction of sp³-hybridized carbons (Fsp3) is 0.160. The van der Waals surface area contributed by atoms with Gasteiger partial charge in [-0.15, -0.1) is 0 Å². The zero-order valence-corrected chi connectivity index (χ0v) is 18.4. The Balaban J connectivity index is 1.40. The second-order valence-electron chi connectivity index (χ2n) is 7.21. The number of thiocarbonyl (C=S) groups is 1. The van der Waals surface area contributed by atoms with Crippen LogP contribution in [0, 0.1) is 0 Å². The maximum atomic E-state index is 12.6. The third kappa shape index (κ3) is 5.31. The Kier molecular flexibility index (Phi) is 6.77. The van der Waals surface area contributed by atoms with Crippen LogP contribution in [-0.4, -0.2) is 22.6 Å². The summed E-state index contributed by atoms with van der Waals surface area (Å²) in [6.07, 6.45) is 2.01. The van der Waals surface area contributed by atoms with Gasteiger partial charge in [0.1, 0.15) is 11.3 Å². The Morgan fingerprint density at radius 3 is 2.75 bits per heavy atom. The van der Waals surface area contributed by atoms with E-state index in [2.05, 4.69) is 22.5 Å². The molecule has 0 aliphatic heterocycles. The van der Waals surface area contributed by atoms with E-state index >= 15 is 0 Å². The highest BCUT2D eigenvalue weighted by Gasteiger charge is 2.11. The Morgan fingerprint density at radius 2 is 1.91 bits per heavy atom. The Bertz CT molecular complexity index is 1220. The Hall–Kier alpha value is -3.71. The molecular weight excluding hydrogens is 422 g/mol. The number of fused-ring (bicyclic) bond motifs is 1. The molecule has 1 amide bonds. The molecule has 0 aliphatic carbocycles. The molecule has 1 heterocycles. The fourth-order valence-electron chi connectivity index (χ4n) is 3.12. The summed E-state index contributed by atoms with van der Waals surface area (Å²) in [5.41, 5.74) is 3.52. The third-order valence-electron chi connectivity index (χ3n) is 4.75. The van der Waals surface area contributed by atoms with Crippen molar-refractivity contribution < 1.29 is 13.9 Å². The number of hydrogen-bond donors (Lipinski definition) is 2. The lowest BCUT2D eigenvalue weighted by molar-refractivity contribution is 0.0977. The van der Waals surface area contributed by atoms with Crippen molar-refractivity contribution in [1.29, 1.82) is 0 Å². The molecule has 0 atom stereocenters. The number of anilines is 1. The van der Waals surface area contributed by atoms with Crippen LogP contribution < -0.4 is 15.4 Å². The lowest BCUT2D eigenvalue weighted by atomic mass is 10.2. The molecule has 3 aromatic carbocycles. The third-order valence-corrected chi connectivity index (χ3v) is 4.96. The number of para-hydroxylation sites is 2. The first-order valence-corrected chi connectivity index (χ1v) is 10.8. The van der Waals surface area contributed by atoms with Crippen LogP contribution in [0.15, 0.2) is 77.2 Å². The monoisotopic (exact) mass is 445 g/mol. The number of hydrogen-bond acceptors (Lipinski definition) is 5. The summed E-state index contributed by atoms with van der Waals surface area (Å²) in [7, 11) is 0. The van der Waals surface area contributed by atoms with Crippen LogP contribution in [-0.2, 0) is 0 Å². The van der Waals surface area contributed by atoms with Gasteiger partial charge in [0.05, 0.1) is 6.61 Å². The molecule has 162 valence electrons. The van der Waals surface area contributed by atoms with Gasteiger partial charge in [0.2, 0.25) is 5.89 Å². The molecule has 0 fully saturated rings. The van der Waals surface area contributed by atoms with E-state index in [0.29, 0.717) is 29.5 Å². The SMILES string of the molecule is CCCCOc1cccc(C(=O)NC(=S)Nc2cccc(-c3nc4ccccc4o3)c2)c1. The van der Waals surface area contributed by atoms with E-state index in [1.165, 1.54) is 0 Å². The summed E-state index contributed by atoms with van der Waals surface area (Å²) in [6.45, 7) is 2.72. The standard InChI is InChI=1S/C25H23N3O3S/c1-2-3-14-30-20-11-7-8-17(16-20)23(29)28-25(32)26-19-10-6-9-18(15-19)24-27-21-12-4-5-13-22(21)31-24/h4-13,15-16H,2-3,14H2,1H3,(H2,26,28,29,32). The number of nitrogens with zero attached hydrogens (tertiary/aromatic N) is 1. The number of ether oxygens (including phenoxy) is 1. The molecule has 0 radical (unpaired) electrons. The first-order valence-electron chi connectivity index (χ1n) is 10.4. The molecule has 0 saturated heterocycles. The van der Waals surface area contributed by atoms with Gasteiger partial charge in [0.25, 0.3) is 5.91 Å². The number of carbonyl (C=O) groups excluding carboxylic acids is 1. The van der Waals surface area contributed by atoms with Crippen molar-refractivity contribution in [3.63, 3.8) is 0 Å². The molecule has 4 aromatic rings. The minimum Gasteiger partial charge on any atom is -0.494 e. The van der Waals surface area contributed by atoms with Crippen molar-refractivity contribution in [2.24, 2.45) is 0 Å². The average molecular weight is 446 g/mol. The molecule has 4 rings (SSSR count). The molecular formula is C25H23N3O3S. The van der Waals surface area contributed by atoms with Gasteiger partial charge in [0, 0.05) is 16.8 Å². The number of carbonyl (C=O) groups is 1. The molecule has 0 spiro atoms. The van der Waals surface area contributed by atoms with E-state index < -0.39 is 0 Å². The van der Waals surface area contributed by atoms with Crippen LogP contribution in [0.2, 0.25) is 0 Å². The van der Waals surface area contributed by atoms with Crippen molar-refractivity contribution in [3.8, 4) is 17.2 Å². The number of amides is 1. The number of nitrogens with one attached hydrogen (secondary N) is 2. The van der Waals surface area contributed by atoms with Gasteiger partial charge < -0.3 is 14.5 Å². The van der Waals surface area contributed by atoms with Gasteiger partial charge in [-0.05, 0) is 67.2 Å². The summed E-state index contributed by atoms with van der Waals surface area (Å²) in [6, 6.07) is 22.1. The first kappa shape index (κ1) is 21.5. The molecule has 0 bridgehead atoms. The van der Waals surface area contributed by atoms with Crippen LogP contribution in [0.4, 0.5) is 5.69 Å². The summed E-state index contributed by atoms with van der Waals surface area (Å²) < 4.78 is 11.5. The first-order chi connectivity index (χ1) is 15.6. The van der Waals surface area contributed by atoms with Crippen LogP contribution in [0.3, 0.4) is 0 Å². The molecule has 6 nitrogen and oxygen atoms in total. The number of oxazole rings is 1. The lowest BCUT2D eigenvalue weighted by Gasteiger charge is -2.11. The summed E-state index contributed by atoms with van der Waals surface area (Å²) in [4.78, 5) is 17.1. The number of aromatic nitrogens is 1. The van der Waals surface area contributed by atoms with E-state index in [4.69, 9.17) is 21.4 Å². The maximum absolute atomic E-state index is 12.6. The van der Waals surface area contributed by atoms with Gasteiger partial charge in [-0.3, -0.25) is 10.1 Å². The largest absolute Gasteiger partial charge is 0.494 e. The van der Waals surface area contributed by atoms with Crippen LogP contribution in [0.1, 0.15) is 30.1 Å². The summed E-state index contributed by atoms with van der Waals surface area (Å²) in [5, 5.41) is 5.94. The normalized spacial score (nSPS) is 10.7. The summed E-state index contributed by atoms with van der Waals surface area (Å²) >= 11 is 5.33. The molecule has 7 heteroatoms. The van der Waals surface area contributed by atoms with Gasteiger partial charge in [-0.25, -0.2) is 4.98 Å². The highest BCUT2D eigenvalue weighted by Crippen LogP contribution is 2.26. The minimum absolute atomic E-state index is 0.196. The van der Waals surface area contributed by atoms with Crippen molar-refractivity contribution in [2.45, 2.75) is 19.8 Å². The van der Waals surface area contributed by atoms with Gasteiger partial charge in [-0.1, -0.05) is 37.6 Å². The zero-order valence-electron chi connectivity index (χ0n) is 17.6. The van der Waals surface area contributed by atoms with Crippen molar-refractivity contribution in [2.75, 3.05) is 11.9 Å². The number of unbranched alkanes of at least 4 members (excludes halogenated alkanes) is 1. The zero-order chi connectivity index (χ0) is 22.3. The summed E-state index contributed by atoms with van der Waals surface area (Å²) in [5.74, 6) is 0.874. The van der Waals surface area contributed by atoms with E-state index in [1.807, 2.05) is 54.6 Å². The van der Waals surface area contributed by atoms with Gasteiger partial charge in [-0.2, -0.15) is 0 Å². The van der Waals surface area contributed by atoms with Crippen LogP contribution in [0.25, 0.3) is 22.6 Å². The average Bonchev–Trinajstić information content (AvgIpc) is 3.24. The predicted molar refractivity (Wildman–Crippen MR) is 130 cm³/mol. The topological polar surface area (TPSA) is 76.4 Å². The van der Waals surface area contributed by atoms with Crippen LogP contribution in [0.5, 0.6) is 5.75 Å². The second kappa shape index (κ2) is 10.1. The lowest BCUT2D eigenvalue weighted by Crippen LogP contribution is -2.34. The number of benzene rings is 3. The molecule has 2 N–H and O–H groups in total. The smallest absolute Gasteiger partial charge is 0.257 e. The van der Waals surface area contributed by atoms with Crippen LogP contribution >= 0.6 is 12.2 Å². The molecule has 32 heavy (non-hydrogen) atoms. The quantitative estimate of drug-likeness (QED) is 0.277. The number of rotatable bonds is 7. The maximum Gasteiger partial charge on any atom is 0.257 e. The van der Waals surface area contributed by atoms with Crippen molar-refractivity contribution >= 4 is 40.0 Å². The van der Waals surface area contributed by atoms with Gasteiger partial charge in [0.15, 0.2) is 10.7 Å². The Labute approximate surface area is 191 Å². The Morgan fingerprint density at radius 1 is 1.06 bits per heavy atom. The fourth-order valence-corrected chi connectivity index (χ4v) is 3.34. The molecule has 1 aromatic heterocycles. The van der Waals surface area contributed by atoms with Crippen molar-refractivity contribution in [3.05, 3.63) is 78.4 Å². The van der Waals surface area contributed by atoms with Gasteiger partial charge >= 0.3 is 0 Å². The second-order valence-corrected chi connectivity index (χ2v) is 7.61. The molecule has 0 aliphatic rings. The highest BCUT2D eigenvalue weighted by molar-refractivity contribution is 7.80. The van der Waals surface area contributed by atoms with E-state index in [1.54, 1.807) is 18.2 Å². The molecule has 0 saturated carbocycles. The minimum atomic E-state index is -0.307. The van der Waals surface area contributed by atoms with Crippen molar-refractivity contribution in [1.82, 2.24) is 10.3 Å². The van der Waals surface area contributed by atoms with E-state index in [9.17, 15) is 4.79 Å². The molecule has 0 unspecified atom stereocenters. The highest BCUT2D eigenvalue weighted by atomic mass is 32.1. The van der Waals surface area contributed by atoms with E-state index in [-0.39, 0.29) is 11.0 Å². The predicted octanol–water partition coefficient (Wildman–Crippen LogP) is 5.80.